The van der Waals surface area contributed by atoms with Crippen LogP contribution < -0.4 is 4.74 Å². The van der Waals surface area contributed by atoms with Crippen molar-refractivity contribution in [1.82, 2.24) is 4.90 Å². The molecule has 0 bridgehead atoms. The number of alkyl halides is 1. The minimum absolute atomic E-state index is 0.534. The Morgan fingerprint density at radius 1 is 1.44 bits per heavy atom. The molecule has 0 radical (unpaired) electrons. The van der Waals surface area contributed by atoms with Crippen molar-refractivity contribution in [3.05, 3.63) is 29.8 Å². The first-order chi connectivity index (χ1) is 7.85. The van der Waals surface area contributed by atoms with Gasteiger partial charge in [-0.2, -0.15) is 0 Å². The average molecular weight is 240 g/mol. The Morgan fingerprint density at radius 2 is 2.25 bits per heavy atom. The van der Waals surface area contributed by atoms with Crippen LogP contribution in [0.5, 0.6) is 5.75 Å². The Bertz CT molecular complexity index is 342. The van der Waals surface area contributed by atoms with Gasteiger partial charge in [-0.15, -0.1) is 11.6 Å². The van der Waals surface area contributed by atoms with Gasteiger partial charge in [0.2, 0.25) is 0 Å². The number of halogens is 1. The molecule has 1 aromatic rings. The number of methoxy groups -OCH3 is 1. The second-order valence-corrected chi connectivity index (χ2v) is 4.54. The Hall–Kier alpha value is -0.730. The summed E-state index contributed by atoms with van der Waals surface area (Å²) < 4.78 is 5.36. The van der Waals surface area contributed by atoms with Crippen LogP contribution in [0.4, 0.5) is 0 Å². The Kier molecular flexibility index (Phi) is 4.08. The topological polar surface area (TPSA) is 12.5 Å². The van der Waals surface area contributed by atoms with Gasteiger partial charge in [0, 0.05) is 24.0 Å². The molecule has 1 aliphatic heterocycles. The minimum atomic E-state index is 0.534. The normalized spacial score (nSPS) is 21.2. The van der Waals surface area contributed by atoms with Crippen LogP contribution in [-0.4, -0.2) is 30.5 Å². The SMILES string of the molecule is COc1ccccc1CN1CCCC1CCl. The molecule has 0 spiro atoms. The summed E-state index contributed by atoms with van der Waals surface area (Å²) in [5.41, 5.74) is 1.25. The van der Waals surface area contributed by atoms with Crippen molar-refractivity contribution < 1.29 is 4.74 Å². The first kappa shape index (κ1) is 11.7. The van der Waals surface area contributed by atoms with E-state index in [0.29, 0.717) is 6.04 Å². The quantitative estimate of drug-likeness (QED) is 0.750. The van der Waals surface area contributed by atoms with Crippen LogP contribution in [0.2, 0.25) is 0 Å². The number of hydrogen-bond acceptors (Lipinski definition) is 2. The predicted molar refractivity (Wildman–Crippen MR) is 67.1 cm³/mol. The smallest absolute Gasteiger partial charge is 0.123 e. The molecule has 1 atom stereocenters. The van der Waals surface area contributed by atoms with Gasteiger partial charge in [0.05, 0.1) is 7.11 Å². The number of hydrogen-bond donors (Lipinski definition) is 0. The van der Waals surface area contributed by atoms with E-state index in [9.17, 15) is 0 Å². The number of likely N-dealkylation sites (tertiary alicyclic amines) is 1. The van der Waals surface area contributed by atoms with Gasteiger partial charge in [-0.3, -0.25) is 4.90 Å². The van der Waals surface area contributed by atoms with Gasteiger partial charge in [0.25, 0.3) is 0 Å². The molecule has 1 heterocycles. The molecule has 1 saturated heterocycles. The summed E-state index contributed by atoms with van der Waals surface area (Å²) in [5, 5.41) is 0. The standard InChI is InChI=1S/C13H18ClNO/c1-16-13-7-3-2-5-11(13)10-15-8-4-6-12(15)9-14/h2-3,5,7,12H,4,6,8-10H2,1H3. The molecule has 1 aromatic carbocycles. The van der Waals surface area contributed by atoms with Crippen molar-refractivity contribution in [2.75, 3.05) is 19.5 Å². The van der Waals surface area contributed by atoms with E-state index in [2.05, 4.69) is 17.0 Å². The molecule has 2 nitrogen and oxygen atoms in total. The molecule has 0 aromatic heterocycles. The highest BCUT2D eigenvalue weighted by molar-refractivity contribution is 6.18. The zero-order valence-corrected chi connectivity index (χ0v) is 10.4. The molecular formula is C13H18ClNO. The average Bonchev–Trinajstić information content (AvgIpc) is 2.77. The van der Waals surface area contributed by atoms with Crippen molar-refractivity contribution in [2.45, 2.75) is 25.4 Å². The van der Waals surface area contributed by atoms with E-state index in [1.54, 1.807) is 7.11 Å². The van der Waals surface area contributed by atoms with E-state index in [1.807, 2.05) is 12.1 Å². The third-order valence-electron chi connectivity index (χ3n) is 3.24. The second-order valence-electron chi connectivity index (χ2n) is 4.23. The van der Waals surface area contributed by atoms with E-state index in [4.69, 9.17) is 16.3 Å². The van der Waals surface area contributed by atoms with Crippen molar-refractivity contribution >= 4 is 11.6 Å². The second kappa shape index (κ2) is 5.55. The van der Waals surface area contributed by atoms with Gasteiger partial charge in [0.1, 0.15) is 5.75 Å². The van der Waals surface area contributed by atoms with Gasteiger partial charge < -0.3 is 4.74 Å². The summed E-state index contributed by atoms with van der Waals surface area (Å²) in [5.74, 6) is 1.71. The van der Waals surface area contributed by atoms with E-state index in [0.717, 1.165) is 24.7 Å². The van der Waals surface area contributed by atoms with Crippen LogP contribution in [0.25, 0.3) is 0 Å². The molecule has 3 heteroatoms. The number of nitrogens with zero attached hydrogens (tertiary/aromatic N) is 1. The summed E-state index contributed by atoms with van der Waals surface area (Å²) in [4.78, 5) is 2.45. The Balaban J connectivity index is 2.08. The molecule has 0 amide bonds. The van der Waals surface area contributed by atoms with Crippen LogP contribution in [-0.2, 0) is 6.54 Å². The lowest BCUT2D eigenvalue weighted by atomic mass is 10.1. The van der Waals surface area contributed by atoms with E-state index in [1.165, 1.54) is 18.4 Å². The lowest BCUT2D eigenvalue weighted by Gasteiger charge is -2.23. The van der Waals surface area contributed by atoms with Crippen LogP contribution in [0.1, 0.15) is 18.4 Å². The first-order valence-electron chi connectivity index (χ1n) is 5.77. The summed E-state index contributed by atoms with van der Waals surface area (Å²) in [6.07, 6.45) is 2.48. The number of benzene rings is 1. The third kappa shape index (κ3) is 2.50. The van der Waals surface area contributed by atoms with Gasteiger partial charge in [0.15, 0.2) is 0 Å². The zero-order chi connectivity index (χ0) is 11.4. The fourth-order valence-electron chi connectivity index (χ4n) is 2.33. The number of rotatable bonds is 4. The van der Waals surface area contributed by atoms with Gasteiger partial charge in [-0.05, 0) is 25.5 Å². The van der Waals surface area contributed by atoms with Gasteiger partial charge in [-0.25, -0.2) is 0 Å². The van der Waals surface area contributed by atoms with E-state index >= 15 is 0 Å². The van der Waals surface area contributed by atoms with Crippen LogP contribution >= 0.6 is 11.6 Å². The number of para-hydroxylation sites is 1. The Labute approximate surface area is 102 Å². The maximum atomic E-state index is 5.97. The zero-order valence-electron chi connectivity index (χ0n) is 9.66. The fraction of sp³-hybridized carbons (Fsp3) is 0.538. The van der Waals surface area contributed by atoms with Crippen molar-refractivity contribution in [3.8, 4) is 5.75 Å². The summed E-state index contributed by atoms with van der Waals surface area (Å²) in [6.45, 7) is 2.09. The molecule has 88 valence electrons. The highest BCUT2D eigenvalue weighted by Crippen LogP contribution is 2.25. The maximum absolute atomic E-state index is 5.97. The summed E-state index contributed by atoms with van der Waals surface area (Å²) in [7, 11) is 1.72. The predicted octanol–water partition coefficient (Wildman–Crippen LogP) is 2.90. The molecule has 2 rings (SSSR count). The van der Waals surface area contributed by atoms with Crippen molar-refractivity contribution in [3.63, 3.8) is 0 Å². The van der Waals surface area contributed by atoms with Crippen LogP contribution in [0.15, 0.2) is 24.3 Å². The first-order valence-corrected chi connectivity index (χ1v) is 6.30. The lowest BCUT2D eigenvalue weighted by molar-refractivity contribution is 0.258. The Morgan fingerprint density at radius 3 is 3.00 bits per heavy atom. The van der Waals surface area contributed by atoms with E-state index in [-0.39, 0.29) is 0 Å². The minimum Gasteiger partial charge on any atom is -0.496 e. The van der Waals surface area contributed by atoms with Gasteiger partial charge >= 0.3 is 0 Å². The molecule has 16 heavy (non-hydrogen) atoms. The molecule has 1 unspecified atom stereocenters. The molecule has 0 aliphatic carbocycles. The highest BCUT2D eigenvalue weighted by atomic mass is 35.5. The fourth-order valence-corrected chi connectivity index (χ4v) is 2.68. The highest BCUT2D eigenvalue weighted by Gasteiger charge is 2.24. The molecule has 1 fully saturated rings. The maximum Gasteiger partial charge on any atom is 0.123 e. The van der Waals surface area contributed by atoms with Crippen LogP contribution in [0.3, 0.4) is 0 Å². The molecule has 0 N–H and O–H groups in total. The van der Waals surface area contributed by atoms with Crippen molar-refractivity contribution in [2.24, 2.45) is 0 Å². The summed E-state index contributed by atoms with van der Waals surface area (Å²) >= 11 is 5.97. The van der Waals surface area contributed by atoms with E-state index < -0.39 is 0 Å². The monoisotopic (exact) mass is 239 g/mol. The third-order valence-corrected chi connectivity index (χ3v) is 3.60. The summed E-state index contributed by atoms with van der Waals surface area (Å²) in [6, 6.07) is 8.74. The van der Waals surface area contributed by atoms with Crippen LogP contribution in [0, 0.1) is 0 Å². The number of ether oxygens (including phenoxy) is 1. The lowest BCUT2D eigenvalue weighted by Crippen LogP contribution is -2.30. The molecule has 0 saturated carbocycles. The molecule has 1 aliphatic rings. The largest absolute Gasteiger partial charge is 0.496 e. The van der Waals surface area contributed by atoms with Crippen molar-refractivity contribution in [1.29, 1.82) is 0 Å². The van der Waals surface area contributed by atoms with Gasteiger partial charge in [-0.1, -0.05) is 18.2 Å². The molecular weight excluding hydrogens is 222 g/mol.